The molecule has 0 radical (unpaired) electrons. The lowest BCUT2D eigenvalue weighted by Gasteiger charge is -2.05. The average molecular weight is 322 g/mol. The van der Waals surface area contributed by atoms with Gasteiger partial charge in [0.2, 0.25) is 0 Å². The van der Waals surface area contributed by atoms with E-state index in [2.05, 4.69) is 9.97 Å². The molecule has 8 heteroatoms. The molecule has 0 amide bonds. The standard InChI is InChI=1S/C11H13Cl2N3O2S/c1-2-18-9(17)7-4-15-10(16-8(7)14)19-5-6-3-11(6,12)13/h4,6H,2-3,5H2,1H3,(H2,14,15,16). The number of nitrogen functional groups attached to an aromatic ring is 1. The first-order chi connectivity index (χ1) is 8.94. The van der Waals surface area contributed by atoms with E-state index in [-0.39, 0.29) is 23.9 Å². The van der Waals surface area contributed by atoms with Crippen LogP contribution in [0.3, 0.4) is 0 Å². The second kappa shape index (κ2) is 5.73. The van der Waals surface area contributed by atoms with Crippen molar-refractivity contribution in [2.75, 3.05) is 18.1 Å². The predicted molar refractivity (Wildman–Crippen MR) is 75.7 cm³/mol. The Bertz CT molecular complexity index is 499. The van der Waals surface area contributed by atoms with Gasteiger partial charge in [-0.2, -0.15) is 0 Å². The predicted octanol–water partition coefficient (Wildman–Crippen LogP) is 2.52. The fourth-order valence-corrected chi connectivity index (χ4v) is 3.19. The summed E-state index contributed by atoms with van der Waals surface area (Å²) in [7, 11) is 0. The van der Waals surface area contributed by atoms with Crippen LogP contribution in [-0.2, 0) is 4.74 Å². The number of nitrogens with zero attached hydrogens (tertiary/aromatic N) is 2. The Morgan fingerprint density at radius 1 is 1.68 bits per heavy atom. The Morgan fingerprint density at radius 2 is 2.37 bits per heavy atom. The summed E-state index contributed by atoms with van der Waals surface area (Å²) in [6.45, 7) is 2.00. The summed E-state index contributed by atoms with van der Waals surface area (Å²) in [5.74, 6) is 0.579. The number of rotatable bonds is 5. The van der Waals surface area contributed by atoms with Crippen LogP contribution in [0.1, 0.15) is 23.7 Å². The molecule has 1 aliphatic rings. The van der Waals surface area contributed by atoms with Crippen molar-refractivity contribution in [2.24, 2.45) is 5.92 Å². The summed E-state index contributed by atoms with van der Waals surface area (Å²) in [5.41, 5.74) is 5.89. The number of nitrogens with two attached hydrogens (primary N) is 1. The number of esters is 1. The highest BCUT2D eigenvalue weighted by Crippen LogP contribution is 2.54. The van der Waals surface area contributed by atoms with Crippen LogP contribution in [0, 0.1) is 5.92 Å². The minimum atomic E-state index is -0.608. The Kier molecular flexibility index (Phi) is 4.43. The minimum Gasteiger partial charge on any atom is -0.462 e. The third-order valence-corrected chi connectivity index (χ3v) is 4.61. The Balaban J connectivity index is 1.97. The van der Waals surface area contributed by atoms with E-state index in [0.717, 1.165) is 12.2 Å². The largest absolute Gasteiger partial charge is 0.462 e. The van der Waals surface area contributed by atoms with Gasteiger partial charge in [0.15, 0.2) is 5.16 Å². The van der Waals surface area contributed by atoms with Gasteiger partial charge in [0.05, 0.1) is 6.61 Å². The maximum atomic E-state index is 11.5. The average Bonchev–Trinajstić information content (AvgIpc) is 2.95. The first-order valence-corrected chi connectivity index (χ1v) is 7.48. The van der Waals surface area contributed by atoms with Crippen LogP contribution in [0.15, 0.2) is 11.4 Å². The number of carbonyl (C=O) groups is 1. The molecule has 1 unspecified atom stereocenters. The van der Waals surface area contributed by atoms with Crippen molar-refractivity contribution in [2.45, 2.75) is 22.8 Å². The van der Waals surface area contributed by atoms with Gasteiger partial charge in [-0.3, -0.25) is 0 Å². The summed E-state index contributed by atoms with van der Waals surface area (Å²) in [6, 6.07) is 0. The number of anilines is 1. The van der Waals surface area contributed by atoms with Gasteiger partial charge in [0, 0.05) is 17.9 Å². The van der Waals surface area contributed by atoms with Crippen LogP contribution < -0.4 is 5.73 Å². The summed E-state index contributed by atoms with van der Waals surface area (Å²) >= 11 is 13.3. The van der Waals surface area contributed by atoms with Gasteiger partial charge in [-0.05, 0) is 13.3 Å². The third-order valence-electron chi connectivity index (χ3n) is 2.66. The molecule has 0 aliphatic heterocycles. The van der Waals surface area contributed by atoms with E-state index in [9.17, 15) is 4.79 Å². The normalized spacial score (nSPS) is 20.1. The number of hydrogen-bond donors (Lipinski definition) is 1. The number of thioether (sulfide) groups is 1. The number of halogens is 2. The molecule has 5 nitrogen and oxygen atoms in total. The molecule has 2 N–H and O–H groups in total. The molecular weight excluding hydrogens is 309 g/mol. The van der Waals surface area contributed by atoms with Gasteiger partial charge >= 0.3 is 5.97 Å². The van der Waals surface area contributed by atoms with Crippen molar-refractivity contribution in [1.29, 1.82) is 0 Å². The number of hydrogen-bond acceptors (Lipinski definition) is 6. The summed E-state index contributed by atoms with van der Waals surface area (Å²) in [6.07, 6.45) is 2.16. The molecule has 1 aromatic heterocycles. The molecule has 1 atom stereocenters. The van der Waals surface area contributed by atoms with Gasteiger partial charge in [-0.15, -0.1) is 23.2 Å². The highest BCUT2D eigenvalue weighted by atomic mass is 35.5. The zero-order chi connectivity index (χ0) is 14.0. The van der Waals surface area contributed by atoms with E-state index in [1.165, 1.54) is 18.0 Å². The Hall–Kier alpha value is -0.720. The van der Waals surface area contributed by atoms with Gasteiger partial charge in [-0.1, -0.05) is 11.8 Å². The number of aromatic nitrogens is 2. The fourth-order valence-electron chi connectivity index (χ4n) is 1.44. The molecule has 1 aliphatic carbocycles. The Morgan fingerprint density at radius 3 is 2.89 bits per heavy atom. The van der Waals surface area contributed by atoms with E-state index in [4.69, 9.17) is 33.7 Å². The second-order valence-electron chi connectivity index (χ2n) is 4.15. The number of alkyl halides is 2. The van der Waals surface area contributed by atoms with Crippen LogP contribution >= 0.6 is 35.0 Å². The molecule has 1 heterocycles. The van der Waals surface area contributed by atoms with Gasteiger partial charge in [0.25, 0.3) is 0 Å². The number of ether oxygens (including phenoxy) is 1. The Labute approximate surface area is 125 Å². The van der Waals surface area contributed by atoms with Crippen LogP contribution in [0.2, 0.25) is 0 Å². The SMILES string of the molecule is CCOC(=O)c1cnc(SCC2CC2(Cl)Cl)nc1N. The van der Waals surface area contributed by atoms with Gasteiger partial charge in [0.1, 0.15) is 15.7 Å². The molecule has 0 aromatic carbocycles. The first-order valence-electron chi connectivity index (χ1n) is 5.74. The molecule has 104 valence electrons. The van der Waals surface area contributed by atoms with E-state index in [1.54, 1.807) is 6.92 Å². The van der Waals surface area contributed by atoms with Crippen molar-refractivity contribution >= 4 is 46.8 Å². The zero-order valence-corrected chi connectivity index (χ0v) is 12.6. The van der Waals surface area contributed by atoms with E-state index >= 15 is 0 Å². The molecule has 0 saturated heterocycles. The molecular formula is C11H13Cl2N3O2S. The van der Waals surface area contributed by atoms with Crippen molar-refractivity contribution in [1.82, 2.24) is 9.97 Å². The maximum Gasteiger partial charge on any atom is 0.343 e. The molecule has 0 bridgehead atoms. The zero-order valence-electron chi connectivity index (χ0n) is 10.2. The van der Waals surface area contributed by atoms with Crippen molar-refractivity contribution in [3.8, 4) is 0 Å². The minimum absolute atomic E-state index is 0.120. The topological polar surface area (TPSA) is 78.1 Å². The fraction of sp³-hybridized carbons (Fsp3) is 0.545. The maximum absolute atomic E-state index is 11.5. The lowest BCUT2D eigenvalue weighted by Crippen LogP contribution is -2.10. The molecule has 2 rings (SSSR count). The smallest absolute Gasteiger partial charge is 0.343 e. The first kappa shape index (κ1) is 14.7. The van der Waals surface area contributed by atoms with Crippen LogP contribution in [0.4, 0.5) is 5.82 Å². The van der Waals surface area contributed by atoms with Crippen LogP contribution in [0.5, 0.6) is 0 Å². The van der Waals surface area contributed by atoms with Crippen LogP contribution in [-0.4, -0.2) is 32.6 Å². The number of carbonyl (C=O) groups excluding carboxylic acids is 1. The van der Waals surface area contributed by atoms with E-state index < -0.39 is 10.3 Å². The molecule has 0 spiro atoms. The summed E-state index contributed by atoms with van der Waals surface area (Å²) in [4.78, 5) is 19.7. The van der Waals surface area contributed by atoms with Gasteiger partial charge < -0.3 is 10.5 Å². The van der Waals surface area contributed by atoms with Crippen molar-refractivity contribution < 1.29 is 9.53 Å². The highest BCUT2D eigenvalue weighted by Gasteiger charge is 2.51. The van der Waals surface area contributed by atoms with Crippen molar-refractivity contribution in [3.05, 3.63) is 11.8 Å². The summed E-state index contributed by atoms with van der Waals surface area (Å²) in [5, 5.41) is 0.501. The second-order valence-corrected chi connectivity index (χ2v) is 6.67. The monoisotopic (exact) mass is 321 g/mol. The van der Waals surface area contributed by atoms with Gasteiger partial charge in [-0.25, -0.2) is 14.8 Å². The summed E-state index contributed by atoms with van der Waals surface area (Å²) < 4.78 is 4.24. The third kappa shape index (κ3) is 3.64. The highest BCUT2D eigenvalue weighted by molar-refractivity contribution is 7.99. The van der Waals surface area contributed by atoms with Crippen LogP contribution in [0.25, 0.3) is 0 Å². The molecule has 1 saturated carbocycles. The van der Waals surface area contributed by atoms with E-state index in [1.807, 2.05) is 0 Å². The quantitative estimate of drug-likeness (QED) is 0.388. The van der Waals surface area contributed by atoms with E-state index in [0.29, 0.717) is 5.16 Å². The molecule has 1 aromatic rings. The van der Waals surface area contributed by atoms with Crippen molar-refractivity contribution in [3.63, 3.8) is 0 Å². The molecule has 19 heavy (non-hydrogen) atoms. The lowest BCUT2D eigenvalue weighted by molar-refractivity contribution is 0.0526. The molecule has 1 fully saturated rings. The lowest BCUT2D eigenvalue weighted by atomic mass is 10.3.